The van der Waals surface area contributed by atoms with Crippen molar-refractivity contribution in [3.63, 3.8) is 0 Å². The number of pyridine rings is 1. The molecule has 1 aromatic heterocycles. The number of hydrogen-bond acceptors (Lipinski definition) is 4. The molecule has 120 valence electrons. The minimum Gasteiger partial charge on any atom is -0.474 e. The lowest BCUT2D eigenvalue weighted by molar-refractivity contribution is 0.0474. The highest BCUT2D eigenvalue weighted by atomic mass is 35.5. The minimum atomic E-state index is 0.329. The monoisotopic (exact) mass is 321 g/mol. The second kappa shape index (κ2) is 6.34. The van der Waals surface area contributed by atoms with Crippen LogP contribution < -0.4 is 4.74 Å². The zero-order chi connectivity index (χ0) is 14.9. The molecular weight excluding hydrogens is 298 g/mol. The Morgan fingerprint density at radius 2 is 1.91 bits per heavy atom. The Morgan fingerprint density at radius 3 is 2.64 bits per heavy atom. The summed E-state index contributed by atoms with van der Waals surface area (Å²) in [7, 11) is 0. The van der Waals surface area contributed by atoms with Crippen LogP contribution in [0.3, 0.4) is 0 Å². The molecule has 22 heavy (non-hydrogen) atoms. The first-order chi connectivity index (χ1) is 10.8. The molecule has 2 fully saturated rings. The molecule has 1 saturated heterocycles. The molecule has 2 aliphatic heterocycles. The number of aromatic nitrogens is 1. The maximum Gasteiger partial charge on any atom is 0.213 e. The molecule has 0 amide bonds. The van der Waals surface area contributed by atoms with E-state index in [-0.39, 0.29) is 0 Å². The van der Waals surface area contributed by atoms with Gasteiger partial charge in [-0.05, 0) is 43.0 Å². The van der Waals surface area contributed by atoms with E-state index in [0.29, 0.717) is 6.10 Å². The topological polar surface area (TPSA) is 28.6 Å². The van der Waals surface area contributed by atoms with Crippen LogP contribution in [-0.4, -0.2) is 46.1 Å². The lowest BCUT2D eigenvalue weighted by Gasteiger charge is -2.41. The van der Waals surface area contributed by atoms with Gasteiger partial charge in [0, 0.05) is 44.7 Å². The molecule has 4 rings (SSSR count). The second-order valence-corrected chi connectivity index (χ2v) is 7.27. The maximum atomic E-state index is 6.14. The molecular formula is C17H24ClN3O. The lowest BCUT2D eigenvalue weighted by Crippen LogP contribution is -2.46. The maximum absolute atomic E-state index is 6.14. The number of likely N-dealkylation sites (tertiary alicyclic amines) is 1. The Morgan fingerprint density at radius 1 is 1.09 bits per heavy atom. The standard InChI is InChI=1S/C17H24ClN3O/c18-21-11-8-16-13(12-21)4-5-17(19-16)22-15-6-9-20(10-7-15)14-2-1-3-14/h4-5,14-15H,1-3,6-12H2. The molecule has 0 N–H and O–H groups in total. The van der Waals surface area contributed by atoms with E-state index in [4.69, 9.17) is 21.5 Å². The fourth-order valence-electron chi connectivity index (χ4n) is 3.71. The summed E-state index contributed by atoms with van der Waals surface area (Å²) in [5.41, 5.74) is 2.38. The van der Waals surface area contributed by atoms with Crippen molar-refractivity contribution in [1.29, 1.82) is 0 Å². The Labute approximate surface area is 137 Å². The first kappa shape index (κ1) is 14.7. The minimum absolute atomic E-state index is 0.329. The third kappa shape index (κ3) is 3.10. The highest BCUT2D eigenvalue weighted by Crippen LogP contribution is 2.29. The summed E-state index contributed by atoms with van der Waals surface area (Å²) in [5, 5.41) is 0. The number of fused-ring (bicyclic) bond motifs is 1. The van der Waals surface area contributed by atoms with Gasteiger partial charge in [0.2, 0.25) is 5.88 Å². The Bertz CT molecular complexity index is 527. The summed E-state index contributed by atoms with van der Waals surface area (Å²) in [6.45, 7) is 4.01. The summed E-state index contributed by atoms with van der Waals surface area (Å²) in [6, 6.07) is 4.99. The molecule has 0 atom stereocenters. The van der Waals surface area contributed by atoms with E-state index < -0.39 is 0 Å². The number of rotatable bonds is 3. The van der Waals surface area contributed by atoms with Gasteiger partial charge in [-0.1, -0.05) is 12.5 Å². The van der Waals surface area contributed by atoms with E-state index in [0.717, 1.165) is 50.0 Å². The molecule has 1 aliphatic carbocycles. The van der Waals surface area contributed by atoms with E-state index in [2.05, 4.69) is 11.0 Å². The molecule has 0 aromatic carbocycles. The summed E-state index contributed by atoms with van der Waals surface area (Å²) < 4.78 is 7.96. The summed E-state index contributed by atoms with van der Waals surface area (Å²) in [4.78, 5) is 7.35. The Hall–Kier alpha value is -0.840. The Balaban J connectivity index is 1.34. The molecule has 4 nitrogen and oxygen atoms in total. The third-order valence-electron chi connectivity index (χ3n) is 5.33. The molecule has 1 aromatic rings. The molecule has 3 aliphatic rings. The molecule has 0 radical (unpaired) electrons. The van der Waals surface area contributed by atoms with E-state index in [1.807, 2.05) is 10.5 Å². The Kier molecular flexibility index (Phi) is 4.25. The summed E-state index contributed by atoms with van der Waals surface area (Å²) in [6.07, 6.45) is 7.71. The van der Waals surface area contributed by atoms with E-state index in [1.165, 1.54) is 37.9 Å². The SMILES string of the molecule is ClN1CCc2nc(OC3CCN(C4CCC4)CC3)ccc2C1. The number of piperidine rings is 1. The number of halogens is 1. The van der Waals surface area contributed by atoms with Gasteiger partial charge in [0.1, 0.15) is 6.10 Å². The van der Waals surface area contributed by atoms with Crippen LogP contribution in [0.25, 0.3) is 0 Å². The normalized spacial score (nSPS) is 24.8. The van der Waals surface area contributed by atoms with Crippen molar-refractivity contribution in [2.24, 2.45) is 0 Å². The van der Waals surface area contributed by atoms with Gasteiger partial charge >= 0.3 is 0 Å². The highest BCUT2D eigenvalue weighted by Gasteiger charge is 2.29. The fourth-order valence-corrected chi connectivity index (χ4v) is 3.92. The molecule has 0 spiro atoms. The molecule has 0 unspecified atom stereocenters. The van der Waals surface area contributed by atoms with Crippen LogP contribution in [0.2, 0.25) is 0 Å². The summed E-state index contributed by atoms with van der Waals surface area (Å²) >= 11 is 6.07. The predicted octanol–water partition coefficient (Wildman–Crippen LogP) is 2.99. The van der Waals surface area contributed by atoms with E-state index >= 15 is 0 Å². The van der Waals surface area contributed by atoms with Crippen LogP contribution in [0.4, 0.5) is 0 Å². The first-order valence-corrected chi connectivity index (χ1v) is 8.92. The number of hydrogen-bond donors (Lipinski definition) is 0. The van der Waals surface area contributed by atoms with Crippen LogP contribution in [0.15, 0.2) is 12.1 Å². The van der Waals surface area contributed by atoms with Crippen LogP contribution in [0.1, 0.15) is 43.4 Å². The van der Waals surface area contributed by atoms with Crippen molar-refractivity contribution in [1.82, 2.24) is 14.3 Å². The van der Waals surface area contributed by atoms with E-state index in [1.54, 1.807) is 0 Å². The van der Waals surface area contributed by atoms with Crippen LogP contribution in [0.5, 0.6) is 5.88 Å². The van der Waals surface area contributed by atoms with Gasteiger partial charge in [-0.25, -0.2) is 9.40 Å². The van der Waals surface area contributed by atoms with Crippen molar-refractivity contribution in [3.8, 4) is 5.88 Å². The summed E-state index contributed by atoms with van der Waals surface area (Å²) in [5.74, 6) is 0.795. The molecule has 5 heteroatoms. The third-order valence-corrected chi connectivity index (χ3v) is 5.62. The average molecular weight is 322 g/mol. The fraction of sp³-hybridized carbons (Fsp3) is 0.706. The van der Waals surface area contributed by atoms with Crippen molar-refractivity contribution >= 4 is 11.8 Å². The van der Waals surface area contributed by atoms with Crippen LogP contribution in [0, 0.1) is 0 Å². The average Bonchev–Trinajstić information content (AvgIpc) is 2.48. The van der Waals surface area contributed by atoms with Crippen molar-refractivity contribution in [2.45, 2.75) is 57.2 Å². The van der Waals surface area contributed by atoms with Crippen LogP contribution >= 0.6 is 11.8 Å². The smallest absolute Gasteiger partial charge is 0.213 e. The number of ether oxygens (including phenoxy) is 1. The molecule has 0 bridgehead atoms. The van der Waals surface area contributed by atoms with Gasteiger partial charge < -0.3 is 9.64 Å². The zero-order valence-corrected chi connectivity index (χ0v) is 13.8. The van der Waals surface area contributed by atoms with E-state index in [9.17, 15) is 0 Å². The van der Waals surface area contributed by atoms with Gasteiger partial charge in [0.25, 0.3) is 0 Å². The first-order valence-electron chi connectivity index (χ1n) is 8.58. The van der Waals surface area contributed by atoms with Crippen LogP contribution in [-0.2, 0) is 13.0 Å². The number of nitrogens with zero attached hydrogens (tertiary/aromatic N) is 3. The van der Waals surface area contributed by atoms with Gasteiger partial charge in [0.15, 0.2) is 0 Å². The molecule has 1 saturated carbocycles. The second-order valence-electron chi connectivity index (χ2n) is 6.79. The van der Waals surface area contributed by atoms with Gasteiger partial charge in [-0.2, -0.15) is 0 Å². The lowest BCUT2D eigenvalue weighted by atomic mass is 9.90. The predicted molar refractivity (Wildman–Crippen MR) is 87.1 cm³/mol. The van der Waals surface area contributed by atoms with Gasteiger partial charge in [-0.3, -0.25) is 0 Å². The van der Waals surface area contributed by atoms with Gasteiger partial charge in [-0.15, -0.1) is 0 Å². The molecule has 3 heterocycles. The largest absolute Gasteiger partial charge is 0.474 e. The highest BCUT2D eigenvalue weighted by molar-refractivity contribution is 6.13. The van der Waals surface area contributed by atoms with Crippen molar-refractivity contribution in [2.75, 3.05) is 19.6 Å². The van der Waals surface area contributed by atoms with Crippen molar-refractivity contribution in [3.05, 3.63) is 23.4 Å². The zero-order valence-electron chi connectivity index (χ0n) is 13.0. The van der Waals surface area contributed by atoms with Crippen molar-refractivity contribution < 1.29 is 4.74 Å². The quantitative estimate of drug-likeness (QED) is 0.800. The van der Waals surface area contributed by atoms with Gasteiger partial charge in [0.05, 0.1) is 5.69 Å².